The minimum Gasteiger partial charge on any atom is -0.508 e. The van der Waals surface area contributed by atoms with E-state index >= 15 is 0 Å². The van der Waals surface area contributed by atoms with Crippen LogP contribution in [0.2, 0.25) is 0 Å². The lowest BCUT2D eigenvalue weighted by atomic mass is 9.94. The number of carbonyl (C=O) groups is 1. The average Bonchev–Trinajstić information content (AvgIpc) is 3.43. The van der Waals surface area contributed by atoms with Gasteiger partial charge in [-0.3, -0.25) is 9.69 Å². The molecule has 138 valence electrons. The first-order valence-electron chi connectivity index (χ1n) is 9.33. The summed E-state index contributed by atoms with van der Waals surface area (Å²) >= 11 is 0. The molecule has 2 N–H and O–H groups in total. The summed E-state index contributed by atoms with van der Waals surface area (Å²) in [6.07, 6.45) is 6.28. The normalized spacial score (nSPS) is 21.1. The van der Waals surface area contributed by atoms with Crippen molar-refractivity contribution in [2.75, 3.05) is 19.6 Å². The predicted molar refractivity (Wildman–Crippen MR) is 106 cm³/mol. The standard InChI is InChI=1S/C23H23NO3/c25-21-5-1-3-17(11-21)9-19-14-24(13-16-7-8-16)15-20(23(19)27)10-18-4-2-6-22(26)12-18/h1-6,9-12,16,25-26H,7-8,13-15H2. The van der Waals surface area contributed by atoms with E-state index < -0.39 is 0 Å². The Labute approximate surface area is 159 Å². The smallest absolute Gasteiger partial charge is 0.187 e. The van der Waals surface area contributed by atoms with Gasteiger partial charge in [-0.1, -0.05) is 24.3 Å². The lowest BCUT2D eigenvalue weighted by molar-refractivity contribution is -0.113. The van der Waals surface area contributed by atoms with Crippen LogP contribution in [0.5, 0.6) is 11.5 Å². The number of hydrogen-bond donors (Lipinski definition) is 2. The van der Waals surface area contributed by atoms with Gasteiger partial charge in [0.15, 0.2) is 5.78 Å². The molecule has 1 aliphatic carbocycles. The third-order valence-electron chi connectivity index (χ3n) is 5.01. The van der Waals surface area contributed by atoms with E-state index in [1.165, 1.54) is 12.8 Å². The van der Waals surface area contributed by atoms with Crippen LogP contribution in [0.1, 0.15) is 24.0 Å². The molecule has 1 saturated heterocycles. The summed E-state index contributed by atoms with van der Waals surface area (Å²) in [6, 6.07) is 13.9. The van der Waals surface area contributed by atoms with Crippen LogP contribution >= 0.6 is 0 Å². The number of ketones is 1. The minimum atomic E-state index is 0.0359. The second-order valence-electron chi connectivity index (χ2n) is 7.47. The topological polar surface area (TPSA) is 60.8 Å². The van der Waals surface area contributed by atoms with Gasteiger partial charge in [-0.15, -0.1) is 0 Å². The Balaban J connectivity index is 1.66. The van der Waals surface area contributed by atoms with E-state index in [-0.39, 0.29) is 17.3 Å². The van der Waals surface area contributed by atoms with E-state index in [1.807, 2.05) is 24.3 Å². The van der Waals surface area contributed by atoms with Crippen molar-refractivity contribution < 1.29 is 15.0 Å². The van der Waals surface area contributed by atoms with Gasteiger partial charge >= 0.3 is 0 Å². The van der Waals surface area contributed by atoms with Crippen molar-refractivity contribution in [2.45, 2.75) is 12.8 Å². The molecule has 4 heteroatoms. The van der Waals surface area contributed by atoms with Crippen LogP contribution < -0.4 is 0 Å². The highest BCUT2D eigenvalue weighted by Crippen LogP contribution is 2.32. The fraction of sp³-hybridized carbons (Fsp3) is 0.261. The second kappa shape index (κ2) is 7.41. The van der Waals surface area contributed by atoms with E-state index in [9.17, 15) is 15.0 Å². The maximum absolute atomic E-state index is 13.1. The number of rotatable bonds is 4. The summed E-state index contributed by atoms with van der Waals surface area (Å²) in [6.45, 7) is 2.26. The average molecular weight is 361 g/mol. The molecule has 1 aliphatic heterocycles. The Hall–Kier alpha value is -2.85. The first kappa shape index (κ1) is 17.6. The van der Waals surface area contributed by atoms with Gasteiger partial charge in [0.05, 0.1) is 0 Å². The van der Waals surface area contributed by atoms with Gasteiger partial charge < -0.3 is 10.2 Å². The lowest BCUT2D eigenvalue weighted by Crippen LogP contribution is -2.38. The molecule has 0 bridgehead atoms. The van der Waals surface area contributed by atoms with Crippen molar-refractivity contribution in [1.29, 1.82) is 0 Å². The van der Waals surface area contributed by atoms with Crippen molar-refractivity contribution in [2.24, 2.45) is 5.92 Å². The molecule has 2 aromatic rings. The predicted octanol–water partition coefficient (Wildman–Crippen LogP) is 3.86. The SMILES string of the molecule is O=C1C(=Cc2cccc(O)c2)CN(CC2CC2)CC1=Cc1cccc(O)c1. The molecule has 2 aromatic carbocycles. The Morgan fingerprint density at radius 2 is 1.41 bits per heavy atom. The van der Waals surface area contributed by atoms with Crippen molar-refractivity contribution in [1.82, 2.24) is 4.90 Å². The molecule has 2 aliphatic rings. The molecule has 1 saturated carbocycles. The number of hydrogen-bond acceptors (Lipinski definition) is 4. The highest BCUT2D eigenvalue weighted by molar-refractivity contribution is 6.14. The third kappa shape index (κ3) is 4.47. The van der Waals surface area contributed by atoms with Crippen LogP contribution in [0.15, 0.2) is 59.7 Å². The van der Waals surface area contributed by atoms with Gasteiger partial charge in [-0.05, 0) is 66.3 Å². The van der Waals surface area contributed by atoms with Crippen LogP contribution in [0.3, 0.4) is 0 Å². The molecule has 0 aromatic heterocycles. The van der Waals surface area contributed by atoms with Gasteiger partial charge in [0, 0.05) is 30.8 Å². The van der Waals surface area contributed by atoms with E-state index in [0.717, 1.165) is 34.7 Å². The van der Waals surface area contributed by atoms with Crippen molar-refractivity contribution >= 4 is 17.9 Å². The van der Waals surface area contributed by atoms with E-state index in [1.54, 1.807) is 36.4 Å². The van der Waals surface area contributed by atoms with Crippen LogP contribution in [-0.4, -0.2) is 40.5 Å². The van der Waals surface area contributed by atoms with Gasteiger partial charge in [-0.2, -0.15) is 0 Å². The molecular weight excluding hydrogens is 338 g/mol. The lowest BCUT2D eigenvalue weighted by Gasteiger charge is -2.29. The maximum Gasteiger partial charge on any atom is 0.187 e. The van der Waals surface area contributed by atoms with Gasteiger partial charge in [0.25, 0.3) is 0 Å². The van der Waals surface area contributed by atoms with Crippen molar-refractivity contribution in [3.05, 3.63) is 70.8 Å². The van der Waals surface area contributed by atoms with E-state index in [4.69, 9.17) is 0 Å². The Morgan fingerprint density at radius 3 is 1.85 bits per heavy atom. The largest absolute Gasteiger partial charge is 0.508 e. The minimum absolute atomic E-state index is 0.0359. The zero-order valence-corrected chi connectivity index (χ0v) is 15.1. The van der Waals surface area contributed by atoms with Crippen LogP contribution in [-0.2, 0) is 4.79 Å². The number of Topliss-reactive ketones (excluding diaryl/α,β-unsaturated/α-hetero) is 1. The van der Waals surface area contributed by atoms with Crippen LogP contribution in [0.4, 0.5) is 0 Å². The molecule has 1 heterocycles. The Morgan fingerprint density at radius 1 is 0.889 bits per heavy atom. The number of nitrogens with zero attached hydrogens (tertiary/aromatic N) is 1. The van der Waals surface area contributed by atoms with Crippen molar-refractivity contribution in [3.63, 3.8) is 0 Å². The fourth-order valence-electron chi connectivity index (χ4n) is 3.54. The number of likely N-dealkylation sites (tertiary alicyclic amines) is 1. The first-order chi connectivity index (χ1) is 13.1. The summed E-state index contributed by atoms with van der Waals surface area (Å²) < 4.78 is 0. The van der Waals surface area contributed by atoms with Crippen LogP contribution in [0, 0.1) is 5.92 Å². The molecule has 0 spiro atoms. The molecule has 0 atom stereocenters. The summed E-state index contributed by atoms with van der Waals surface area (Å²) in [5.74, 6) is 1.16. The maximum atomic E-state index is 13.1. The number of piperidine rings is 1. The molecule has 0 amide bonds. The Kier molecular flexibility index (Phi) is 4.82. The van der Waals surface area contributed by atoms with Crippen molar-refractivity contribution in [3.8, 4) is 11.5 Å². The molecule has 0 radical (unpaired) electrons. The Bertz CT molecular complexity index is 857. The zero-order chi connectivity index (χ0) is 18.8. The number of phenolic OH excluding ortho intramolecular Hbond substituents is 2. The third-order valence-corrected chi connectivity index (χ3v) is 5.01. The molecule has 2 fully saturated rings. The van der Waals surface area contributed by atoms with Gasteiger partial charge in [-0.25, -0.2) is 0 Å². The van der Waals surface area contributed by atoms with E-state index in [2.05, 4.69) is 4.90 Å². The molecular formula is C23H23NO3. The highest BCUT2D eigenvalue weighted by atomic mass is 16.3. The summed E-state index contributed by atoms with van der Waals surface area (Å²) in [5.41, 5.74) is 3.12. The molecule has 0 unspecified atom stereocenters. The highest BCUT2D eigenvalue weighted by Gasteiger charge is 2.30. The monoisotopic (exact) mass is 361 g/mol. The first-order valence-corrected chi connectivity index (χ1v) is 9.33. The number of benzene rings is 2. The van der Waals surface area contributed by atoms with Gasteiger partial charge in [0.2, 0.25) is 0 Å². The zero-order valence-electron chi connectivity index (χ0n) is 15.1. The quantitative estimate of drug-likeness (QED) is 0.812. The molecule has 4 rings (SSSR count). The van der Waals surface area contributed by atoms with Gasteiger partial charge in [0.1, 0.15) is 11.5 Å². The molecule has 4 nitrogen and oxygen atoms in total. The summed E-state index contributed by atoms with van der Waals surface area (Å²) in [5, 5.41) is 19.4. The van der Waals surface area contributed by atoms with E-state index in [0.29, 0.717) is 13.1 Å². The fourth-order valence-corrected chi connectivity index (χ4v) is 3.54. The summed E-state index contributed by atoms with van der Waals surface area (Å²) in [7, 11) is 0. The summed E-state index contributed by atoms with van der Waals surface area (Å²) in [4.78, 5) is 15.4. The number of carbonyl (C=O) groups excluding carboxylic acids is 1. The number of phenols is 2. The second-order valence-corrected chi connectivity index (χ2v) is 7.47. The van der Waals surface area contributed by atoms with Crippen LogP contribution in [0.25, 0.3) is 12.2 Å². The number of aromatic hydroxyl groups is 2. The molecule has 27 heavy (non-hydrogen) atoms.